The molecule has 152 valence electrons. The molecule has 1 amide bonds. The van der Waals surface area contributed by atoms with E-state index in [0.717, 1.165) is 10.4 Å². The van der Waals surface area contributed by atoms with E-state index < -0.39 is 10.0 Å². The molecule has 6 nitrogen and oxygen atoms in total. The van der Waals surface area contributed by atoms with Gasteiger partial charge in [-0.25, -0.2) is 8.42 Å². The lowest BCUT2D eigenvalue weighted by Crippen LogP contribution is -2.33. The zero-order valence-corrected chi connectivity index (χ0v) is 18.2. The zero-order valence-electron chi connectivity index (χ0n) is 16.6. The van der Waals surface area contributed by atoms with Gasteiger partial charge in [0.05, 0.1) is 9.77 Å². The van der Waals surface area contributed by atoms with Crippen LogP contribution in [0.3, 0.4) is 0 Å². The minimum Gasteiger partial charge on any atom is -0.352 e. The standard InChI is InChI=1S/C20H26N2O4S2/c1-14(2)22(4)28(25,26)17-8-6-16(7-9-17)13-21-20(24)12-10-18(23)19-11-5-15(3)27-19/h5-9,11,14H,10,12-13H2,1-4H3,(H,21,24). The van der Waals surface area contributed by atoms with E-state index >= 15 is 0 Å². The van der Waals surface area contributed by atoms with E-state index in [0.29, 0.717) is 4.88 Å². The van der Waals surface area contributed by atoms with Crippen LogP contribution in [0.2, 0.25) is 0 Å². The van der Waals surface area contributed by atoms with Gasteiger partial charge in [-0.15, -0.1) is 11.3 Å². The summed E-state index contributed by atoms with van der Waals surface area (Å²) in [6, 6.07) is 9.98. The van der Waals surface area contributed by atoms with Crippen molar-refractivity contribution in [3.8, 4) is 0 Å². The van der Waals surface area contributed by atoms with Crippen LogP contribution >= 0.6 is 11.3 Å². The fourth-order valence-electron chi connectivity index (χ4n) is 2.45. The van der Waals surface area contributed by atoms with Gasteiger partial charge in [-0.1, -0.05) is 12.1 Å². The van der Waals surface area contributed by atoms with Gasteiger partial charge < -0.3 is 5.32 Å². The highest BCUT2D eigenvalue weighted by Gasteiger charge is 2.22. The Morgan fingerprint density at radius 3 is 2.25 bits per heavy atom. The summed E-state index contributed by atoms with van der Waals surface area (Å²) in [7, 11) is -1.97. The molecule has 2 rings (SSSR count). The molecule has 2 aromatic rings. The van der Waals surface area contributed by atoms with Gasteiger partial charge in [0.2, 0.25) is 15.9 Å². The van der Waals surface area contributed by atoms with Gasteiger partial charge in [0.1, 0.15) is 0 Å². The molecule has 0 aliphatic carbocycles. The number of sulfonamides is 1. The predicted octanol–water partition coefficient (Wildman–Crippen LogP) is 3.36. The third-order valence-corrected chi connectivity index (χ3v) is 7.50. The van der Waals surface area contributed by atoms with Crippen LogP contribution < -0.4 is 5.32 Å². The summed E-state index contributed by atoms with van der Waals surface area (Å²) in [6.07, 6.45) is 0.298. The van der Waals surface area contributed by atoms with Gasteiger partial charge in [0, 0.05) is 37.4 Å². The Balaban J connectivity index is 1.86. The SMILES string of the molecule is Cc1ccc(C(=O)CCC(=O)NCc2ccc(S(=O)(=O)N(C)C(C)C)cc2)s1. The average molecular weight is 423 g/mol. The van der Waals surface area contributed by atoms with Crippen LogP contribution in [0.5, 0.6) is 0 Å². The lowest BCUT2D eigenvalue weighted by Gasteiger charge is -2.21. The van der Waals surface area contributed by atoms with Crippen LogP contribution in [0.15, 0.2) is 41.3 Å². The molecule has 1 N–H and O–H groups in total. The number of amides is 1. The maximum Gasteiger partial charge on any atom is 0.243 e. The molecule has 1 heterocycles. The van der Waals surface area contributed by atoms with E-state index in [2.05, 4.69) is 5.32 Å². The molecule has 28 heavy (non-hydrogen) atoms. The lowest BCUT2D eigenvalue weighted by molar-refractivity contribution is -0.121. The molecule has 8 heteroatoms. The highest BCUT2D eigenvalue weighted by molar-refractivity contribution is 7.89. The highest BCUT2D eigenvalue weighted by atomic mass is 32.2. The summed E-state index contributed by atoms with van der Waals surface area (Å²) in [4.78, 5) is 26.0. The van der Waals surface area contributed by atoms with Crippen molar-refractivity contribution < 1.29 is 18.0 Å². The molecule has 0 fully saturated rings. The summed E-state index contributed by atoms with van der Waals surface area (Å²) in [6.45, 7) is 5.84. The van der Waals surface area contributed by atoms with Crippen molar-refractivity contribution in [2.75, 3.05) is 7.05 Å². The molecular formula is C20H26N2O4S2. The van der Waals surface area contributed by atoms with Gasteiger partial charge >= 0.3 is 0 Å². The molecule has 0 radical (unpaired) electrons. The van der Waals surface area contributed by atoms with Gasteiger partial charge in [0.15, 0.2) is 5.78 Å². The number of nitrogens with one attached hydrogen (secondary N) is 1. The Labute approximate surface area is 170 Å². The Morgan fingerprint density at radius 1 is 1.07 bits per heavy atom. The summed E-state index contributed by atoms with van der Waals surface area (Å²) >= 11 is 1.43. The smallest absolute Gasteiger partial charge is 0.243 e. The summed E-state index contributed by atoms with van der Waals surface area (Å²) in [5, 5.41) is 2.76. The number of Topliss-reactive ketones (excluding diaryl/α,β-unsaturated/α-hetero) is 1. The number of thiophene rings is 1. The van der Waals surface area contributed by atoms with Crippen molar-refractivity contribution in [2.24, 2.45) is 0 Å². The Morgan fingerprint density at radius 2 is 1.71 bits per heavy atom. The van der Waals surface area contributed by atoms with Crippen LogP contribution in [0.4, 0.5) is 0 Å². The van der Waals surface area contributed by atoms with Crippen LogP contribution in [0, 0.1) is 6.92 Å². The first-order valence-electron chi connectivity index (χ1n) is 9.04. The van der Waals surface area contributed by atoms with Gasteiger partial charge in [0.25, 0.3) is 0 Å². The van der Waals surface area contributed by atoms with E-state index in [-0.39, 0.29) is 42.0 Å². The monoisotopic (exact) mass is 422 g/mol. The number of carbonyl (C=O) groups is 2. The second-order valence-corrected chi connectivity index (χ2v) is 10.2. The number of benzene rings is 1. The molecule has 1 aromatic carbocycles. The second-order valence-electron chi connectivity index (χ2n) is 6.87. The topological polar surface area (TPSA) is 83.5 Å². The fourth-order valence-corrected chi connectivity index (χ4v) is 4.65. The van der Waals surface area contributed by atoms with Crippen molar-refractivity contribution in [1.82, 2.24) is 9.62 Å². The number of aryl methyl sites for hydroxylation is 1. The van der Waals surface area contributed by atoms with Gasteiger partial charge in [-0.3, -0.25) is 9.59 Å². The fraction of sp³-hybridized carbons (Fsp3) is 0.400. The van der Waals surface area contributed by atoms with Gasteiger partial charge in [-0.05, 0) is 50.6 Å². The molecule has 0 bridgehead atoms. The molecule has 0 saturated heterocycles. The predicted molar refractivity (Wildman–Crippen MR) is 111 cm³/mol. The Hall–Kier alpha value is -2.03. The van der Waals surface area contributed by atoms with Crippen LogP contribution in [-0.2, 0) is 21.4 Å². The normalized spacial score (nSPS) is 11.8. The average Bonchev–Trinajstić information content (AvgIpc) is 3.10. The second kappa shape index (κ2) is 9.45. The molecule has 1 aromatic heterocycles. The minimum absolute atomic E-state index is 0.0305. The maximum atomic E-state index is 12.4. The first kappa shape index (κ1) is 22.3. The van der Waals surface area contributed by atoms with Crippen molar-refractivity contribution in [3.05, 3.63) is 51.7 Å². The molecule has 0 saturated carbocycles. The van der Waals surface area contributed by atoms with Crippen molar-refractivity contribution in [3.63, 3.8) is 0 Å². The zero-order chi connectivity index (χ0) is 20.9. The Kier molecular flexibility index (Phi) is 7.51. The number of rotatable bonds is 9. The molecular weight excluding hydrogens is 396 g/mol. The first-order chi connectivity index (χ1) is 13.1. The molecule has 0 aliphatic heterocycles. The quantitative estimate of drug-likeness (QED) is 0.628. The largest absolute Gasteiger partial charge is 0.352 e. The number of hydrogen-bond acceptors (Lipinski definition) is 5. The van der Waals surface area contributed by atoms with Crippen LogP contribution in [-0.4, -0.2) is 37.5 Å². The van der Waals surface area contributed by atoms with Gasteiger partial charge in [-0.2, -0.15) is 4.31 Å². The molecule has 0 unspecified atom stereocenters. The summed E-state index contributed by atoms with van der Waals surface area (Å²) in [5.41, 5.74) is 0.791. The van der Waals surface area contributed by atoms with E-state index in [4.69, 9.17) is 0 Å². The number of hydrogen-bond donors (Lipinski definition) is 1. The van der Waals surface area contributed by atoms with Crippen molar-refractivity contribution >= 4 is 33.1 Å². The lowest BCUT2D eigenvalue weighted by atomic mass is 10.2. The number of ketones is 1. The molecule has 0 aliphatic rings. The van der Waals surface area contributed by atoms with Crippen LogP contribution in [0.1, 0.15) is 46.8 Å². The molecule has 0 spiro atoms. The van der Waals surface area contributed by atoms with Crippen molar-refractivity contribution in [2.45, 2.75) is 51.1 Å². The summed E-state index contributed by atoms with van der Waals surface area (Å²) in [5.74, 6) is -0.241. The van der Waals surface area contributed by atoms with Crippen LogP contribution in [0.25, 0.3) is 0 Å². The summed E-state index contributed by atoms with van der Waals surface area (Å²) < 4.78 is 26.2. The highest BCUT2D eigenvalue weighted by Crippen LogP contribution is 2.18. The van der Waals surface area contributed by atoms with E-state index in [9.17, 15) is 18.0 Å². The third-order valence-electron chi connectivity index (χ3n) is 4.41. The van der Waals surface area contributed by atoms with E-state index in [1.807, 2.05) is 26.8 Å². The van der Waals surface area contributed by atoms with E-state index in [1.165, 1.54) is 15.6 Å². The third kappa shape index (κ3) is 5.73. The minimum atomic E-state index is -3.52. The first-order valence-corrected chi connectivity index (χ1v) is 11.3. The number of nitrogens with zero attached hydrogens (tertiary/aromatic N) is 1. The maximum absolute atomic E-state index is 12.4. The number of carbonyl (C=O) groups excluding carboxylic acids is 2. The van der Waals surface area contributed by atoms with E-state index in [1.54, 1.807) is 37.4 Å². The Bertz CT molecular complexity index is 931. The molecule has 0 atom stereocenters. The van der Waals surface area contributed by atoms with Crippen molar-refractivity contribution in [1.29, 1.82) is 0 Å².